The Morgan fingerprint density at radius 1 is 1.56 bits per heavy atom. The first kappa shape index (κ1) is 13.9. The molecule has 0 radical (unpaired) electrons. The summed E-state index contributed by atoms with van der Waals surface area (Å²) in [6.45, 7) is 0.0396. The molecule has 0 saturated heterocycles. The van der Waals surface area contributed by atoms with Crippen molar-refractivity contribution in [1.29, 1.82) is 0 Å². The van der Waals surface area contributed by atoms with Gasteiger partial charge in [-0.3, -0.25) is 14.3 Å². The fourth-order valence-corrected chi connectivity index (χ4v) is 1.01. The molecule has 1 rings (SSSR count). The van der Waals surface area contributed by atoms with Crippen LogP contribution in [0.25, 0.3) is 0 Å². The molecule has 100 valence electrons. The molecule has 0 fully saturated rings. The van der Waals surface area contributed by atoms with Crippen molar-refractivity contribution < 1.29 is 18.7 Å². The molecule has 0 atom stereocenters. The summed E-state index contributed by atoms with van der Waals surface area (Å²) in [5, 5.41) is 2.33. The van der Waals surface area contributed by atoms with Crippen molar-refractivity contribution >= 4 is 6.09 Å². The third-order valence-electron chi connectivity index (χ3n) is 1.88. The molecule has 0 aliphatic rings. The Kier molecular flexibility index (Phi) is 5.06. The second-order valence-corrected chi connectivity index (χ2v) is 3.19. The highest BCUT2D eigenvalue weighted by molar-refractivity contribution is 5.66. The molecule has 18 heavy (non-hydrogen) atoms. The molecule has 1 heterocycles. The topological polar surface area (TPSA) is 102 Å². The number of nitrogens with one attached hydrogen (secondary N) is 2. The van der Waals surface area contributed by atoms with Gasteiger partial charge in [-0.2, -0.15) is 4.39 Å². The molecule has 8 nitrogen and oxygen atoms in total. The predicted octanol–water partition coefficient (Wildman–Crippen LogP) is -0.994. The second kappa shape index (κ2) is 6.55. The summed E-state index contributed by atoms with van der Waals surface area (Å²) in [6.07, 6.45) is -0.130. The van der Waals surface area contributed by atoms with Crippen LogP contribution in [0, 0.1) is 5.82 Å². The van der Waals surface area contributed by atoms with E-state index in [2.05, 4.69) is 14.8 Å². The quantitative estimate of drug-likeness (QED) is 0.662. The lowest BCUT2D eigenvalue weighted by molar-refractivity contribution is 0.107. The van der Waals surface area contributed by atoms with Gasteiger partial charge in [-0.25, -0.2) is 9.59 Å². The van der Waals surface area contributed by atoms with Crippen molar-refractivity contribution in [2.45, 2.75) is 6.73 Å². The molecule has 0 aliphatic carbocycles. The van der Waals surface area contributed by atoms with Crippen LogP contribution in [-0.4, -0.2) is 35.9 Å². The zero-order chi connectivity index (χ0) is 13.5. The van der Waals surface area contributed by atoms with Crippen LogP contribution in [0.15, 0.2) is 15.8 Å². The lowest BCUT2D eigenvalue weighted by atomic mass is 10.6. The Morgan fingerprint density at radius 2 is 2.28 bits per heavy atom. The van der Waals surface area contributed by atoms with E-state index in [0.29, 0.717) is 17.4 Å². The van der Waals surface area contributed by atoms with Gasteiger partial charge >= 0.3 is 11.8 Å². The molecule has 1 aromatic rings. The number of carbonyl (C=O) groups is 1. The van der Waals surface area contributed by atoms with Gasteiger partial charge in [0.05, 0.1) is 12.8 Å². The predicted molar refractivity (Wildman–Crippen MR) is 57.6 cm³/mol. The molecule has 1 amide bonds. The fraction of sp³-hybridized carbons (Fsp3) is 0.444. The highest BCUT2D eigenvalue weighted by atomic mass is 19.1. The zero-order valence-electron chi connectivity index (χ0n) is 9.57. The molecule has 0 aliphatic heterocycles. The number of methoxy groups -OCH3 is 1. The molecule has 2 N–H and O–H groups in total. The van der Waals surface area contributed by atoms with Crippen LogP contribution in [0.1, 0.15) is 0 Å². The van der Waals surface area contributed by atoms with Gasteiger partial charge in [-0.1, -0.05) is 0 Å². The molecule has 0 bridgehead atoms. The number of alkyl carbamates (subject to hydrolysis) is 1. The van der Waals surface area contributed by atoms with Crippen LogP contribution >= 0.6 is 0 Å². The number of amides is 1. The monoisotopic (exact) mass is 261 g/mol. The van der Waals surface area contributed by atoms with Crippen LogP contribution in [0.5, 0.6) is 0 Å². The van der Waals surface area contributed by atoms with Crippen LogP contribution in [-0.2, 0) is 16.2 Å². The number of hydrogen-bond acceptors (Lipinski definition) is 5. The van der Waals surface area contributed by atoms with E-state index in [0.717, 1.165) is 0 Å². The minimum atomic E-state index is -1.14. The second-order valence-electron chi connectivity index (χ2n) is 3.19. The summed E-state index contributed by atoms with van der Waals surface area (Å²) in [5.74, 6) is -1.14. The summed E-state index contributed by atoms with van der Waals surface area (Å²) in [5.41, 5.74) is -1.99. The number of carbonyl (C=O) groups excluding carboxylic acids is 1. The summed E-state index contributed by atoms with van der Waals surface area (Å²) < 4.78 is 22.9. The van der Waals surface area contributed by atoms with Gasteiger partial charge in [0.2, 0.25) is 5.82 Å². The number of aromatic nitrogens is 2. The maximum absolute atomic E-state index is 12.9. The molecule has 0 saturated carbocycles. The lowest BCUT2D eigenvalue weighted by Crippen LogP contribution is -2.34. The summed E-state index contributed by atoms with van der Waals surface area (Å²) in [7, 11) is 1.47. The van der Waals surface area contributed by atoms with Crippen LogP contribution in [0.4, 0.5) is 9.18 Å². The van der Waals surface area contributed by atoms with E-state index in [1.807, 2.05) is 0 Å². The Morgan fingerprint density at radius 3 is 2.94 bits per heavy atom. The van der Waals surface area contributed by atoms with Crippen molar-refractivity contribution in [3.63, 3.8) is 0 Å². The molecule has 1 aromatic heterocycles. The average molecular weight is 261 g/mol. The summed E-state index contributed by atoms with van der Waals surface area (Å²) in [4.78, 5) is 34.7. The van der Waals surface area contributed by atoms with Gasteiger partial charge in [0, 0.05) is 13.7 Å². The van der Waals surface area contributed by atoms with Crippen molar-refractivity contribution in [2.24, 2.45) is 0 Å². The van der Waals surface area contributed by atoms with E-state index in [-0.39, 0.29) is 6.54 Å². The maximum atomic E-state index is 12.9. The van der Waals surface area contributed by atoms with E-state index in [1.165, 1.54) is 7.11 Å². The Labute approximate surface area is 100 Å². The summed E-state index contributed by atoms with van der Waals surface area (Å²) >= 11 is 0. The normalized spacial score (nSPS) is 10.1. The van der Waals surface area contributed by atoms with E-state index in [9.17, 15) is 18.8 Å². The van der Waals surface area contributed by atoms with E-state index >= 15 is 0 Å². The highest BCUT2D eigenvalue weighted by Crippen LogP contribution is 1.86. The molecule has 9 heteroatoms. The van der Waals surface area contributed by atoms with E-state index in [1.54, 1.807) is 4.98 Å². The third kappa shape index (κ3) is 4.01. The van der Waals surface area contributed by atoms with Crippen molar-refractivity contribution in [3.8, 4) is 0 Å². The molecule has 0 spiro atoms. The number of nitrogens with zero attached hydrogens (tertiary/aromatic N) is 1. The van der Waals surface area contributed by atoms with Gasteiger partial charge in [0.25, 0.3) is 5.56 Å². The van der Waals surface area contributed by atoms with E-state index < -0.39 is 29.9 Å². The minimum Gasteiger partial charge on any atom is -0.428 e. The minimum absolute atomic E-state index is 0.240. The van der Waals surface area contributed by atoms with Crippen molar-refractivity contribution in [3.05, 3.63) is 32.9 Å². The fourth-order valence-electron chi connectivity index (χ4n) is 1.01. The van der Waals surface area contributed by atoms with Gasteiger partial charge in [-0.15, -0.1) is 0 Å². The van der Waals surface area contributed by atoms with Gasteiger partial charge in [0.1, 0.15) is 0 Å². The summed E-state index contributed by atoms with van der Waals surface area (Å²) in [6, 6.07) is 0. The first-order valence-corrected chi connectivity index (χ1v) is 4.93. The number of rotatable bonds is 5. The Balaban J connectivity index is 2.54. The number of ether oxygens (including phenoxy) is 2. The molecular formula is C9H12FN3O5. The van der Waals surface area contributed by atoms with Gasteiger partial charge in [0.15, 0.2) is 6.73 Å². The zero-order valence-corrected chi connectivity index (χ0v) is 9.57. The third-order valence-corrected chi connectivity index (χ3v) is 1.88. The van der Waals surface area contributed by atoms with Crippen LogP contribution in [0.3, 0.4) is 0 Å². The highest BCUT2D eigenvalue weighted by Gasteiger charge is 2.06. The average Bonchev–Trinajstić information content (AvgIpc) is 2.32. The lowest BCUT2D eigenvalue weighted by Gasteiger charge is -2.07. The van der Waals surface area contributed by atoms with Crippen molar-refractivity contribution in [2.75, 3.05) is 20.3 Å². The first-order valence-electron chi connectivity index (χ1n) is 4.93. The molecule has 0 aromatic carbocycles. The van der Waals surface area contributed by atoms with Gasteiger partial charge < -0.3 is 14.8 Å². The Hall–Kier alpha value is -2.16. The molecule has 0 unspecified atom stereocenters. The number of aromatic amines is 1. The number of hydrogen-bond donors (Lipinski definition) is 2. The maximum Gasteiger partial charge on any atom is 0.408 e. The SMILES string of the molecule is COCCNC(=O)OCn1cc(F)c(=O)[nH]c1=O. The number of H-pyrrole nitrogens is 1. The van der Waals surface area contributed by atoms with Crippen molar-refractivity contribution in [1.82, 2.24) is 14.9 Å². The van der Waals surface area contributed by atoms with Gasteiger partial charge in [-0.05, 0) is 0 Å². The van der Waals surface area contributed by atoms with Crippen LogP contribution in [0.2, 0.25) is 0 Å². The standard InChI is InChI=1S/C9H12FN3O5/c1-17-3-2-11-9(16)18-5-13-4-6(10)7(14)12-8(13)15/h4H,2-3,5H2,1H3,(H,11,16)(H,12,14,15). The largest absolute Gasteiger partial charge is 0.428 e. The number of halogens is 1. The van der Waals surface area contributed by atoms with Crippen LogP contribution < -0.4 is 16.6 Å². The van der Waals surface area contributed by atoms with E-state index in [4.69, 9.17) is 0 Å². The Bertz CT molecular complexity index is 524. The first-order chi connectivity index (χ1) is 8.54. The molecular weight excluding hydrogens is 249 g/mol. The smallest absolute Gasteiger partial charge is 0.408 e.